The van der Waals surface area contributed by atoms with Crippen molar-refractivity contribution in [3.63, 3.8) is 0 Å². The molecule has 0 amide bonds. The first kappa shape index (κ1) is 45.9. The van der Waals surface area contributed by atoms with E-state index >= 15 is 0 Å². The van der Waals surface area contributed by atoms with Crippen molar-refractivity contribution in [2.24, 2.45) is 0 Å². The van der Waals surface area contributed by atoms with E-state index in [1.165, 1.54) is 32.4 Å². The summed E-state index contributed by atoms with van der Waals surface area (Å²) >= 11 is 0. The lowest BCUT2D eigenvalue weighted by Gasteiger charge is -2.30. The van der Waals surface area contributed by atoms with Crippen LogP contribution in [0.3, 0.4) is 0 Å². The summed E-state index contributed by atoms with van der Waals surface area (Å²) in [5.74, 6) is -3.89. The van der Waals surface area contributed by atoms with Gasteiger partial charge in [-0.05, 0) is 81.7 Å². The van der Waals surface area contributed by atoms with Crippen LogP contribution in [0.1, 0.15) is 70.1 Å². The van der Waals surface area contributed by atoms with Gasteiger partial charge in [0, 0.05) is 48.0 Å². The second kappa shape index (κ2) is 20.4. The average molecular weight is 851 g/mol. The number of dihydropyridines is 2. The molecule has 0 bridgehead atoms. The molecule has 326 valence electrons. The Morgan fingerprint density at radius 2 is 1.32 bits per heavy atom. The number of hydrogen-bond acceptors (Lipinski definition) is 16. The molecule has 0 aliphatic carbocycles. The Bertz CT molecular complexity index is 2480. The topological polar surface area (TPSA) is 215 Å². The molecule has 2 aliphatic heterocycles. The number of non-ortho nitro benzene ring substituents is 1. The Hall–Kier alpha value is -7.14. The van der Waals surface area contributed by atoms with Crippen LogP contribution in [0, 0.1) is 10.1 Å². The minimum absolute atomic E-state index is 0.136. The number of rotatable bonds is 13. The molecule has 0 radical (unpaired) electrons. The van der Waals surface area contributed by atoms with Gasteiger partial charge in [-0.25, -0.2) is 23.8 Å². The van der Waals surface area contributed by atoms with E-state index in [0.29, 0.717) is 69.2 Å². The van der Waals surface area contributed by atoms with Gasteiger partial charge in [0.05, 0.1) is 59.4 Å². The molecule has 2 aliphatic rings. The van der Waals surface area contributed by atoms with Crippen molar-refractivity contribution in [1.82, 2.24) is 25.8 Å². The van der Waals surface area contributed by atoms with E-state index in [2.05, 4.69) is 20.9 Å². The second-order valence-electron chi connectivity index (χ2n) is 14.9. The highest BCUT2D eigenvalue weighted by Crippen LogP contribution is 2.42. The standard InChI is InChI=1S/C26H29N3O6.C19H21N3O5/c1-17-22(25(30)34-4)24(20-11-8-12-21(15-20)29(32)33)23(18(2)27-17)26(31)35-14-13-28(3)16-19-9-6-5-7-10-19;1-9(2)26-19(24)15-11(4)20-10(3)14(18(23)25-5)16(15)12-7-6-8-13-17(12)22-27-21-13/h5-12,15,24,27H,13-14,16H2,1-4H3;6-9,16,20H,1-5H3. The third-order valence-electron chi connectivity index (χ3n) is 10.2. The number of benzene rings is 3. The molecule has 0 spiro atoms. The lowest BCUT2D eigenvalue weighted by molar-refractivity contribution is -0.384. The van der Waals surface area contributed by atoms with E-state index in [0.717, 1.165) is 5.56 Å². The van der Waals surface area contributed by atoms with Crippen LogP contribution in [-0.4, -0.2) is 84.5 Å². The fourth-order valence-electron chi connectivity index (χ4n) is 7.44. The normalized spacial score (nSPS) is 16.4. The zero-order chi connectivity index (χ0) is 45.2. The molecule has 2 unspecified atom stereocenters. The number of nitro benzene ring substituents is 1. The molecule has 2 N–H and O–H groups in total. The number of methoxy groups -OCH3 is 2. The van der Waals surface area contributed by atoms with Crippen LogP contribution in [0.25, 0.3) is 11.0 Å². The Labute approximate surface area is 358 Å². The zero-order valence-corrected chi connectivity index (χ0v) is 36.1. The van der Waals surface area contributed by atoms with Crippen molar-refractivity contribution in [2.75, 3.05) is 34.4 Å². The number of nitro groups is 1. The van der Waals surface area contributed by atoms with Gasteiger partial charge in [0.15, 0.2) is 0 Å². The average Bonchev–Trinajstić information content (AvgIpc) is 3.72. The number of aromatic nitrogens is 2. The van der Waals surface area contributed by atoms with E-state index < -0.39 is 40.6 Å². The summed E-state index contributed by atoms with van der Waals surface area (Å²) in [6.45, 7) is 11.8. The second-order valence-corrected chi connectivity index (χ2v) is 14.9. The number of esters is 4. The predicted molar refractivity (Wildman–Crippen MR) is 226 cm³/mol. The SMILES string of the molecule is COC(=O)C1=C(C)NC(C)=C(C(=O)OC(C)C)C1c1cccc2nonc12.COC(=O)C1=C(C)NC(C)=C(C(=O)OCCN(C)Cc2ccccc2)C1c1cccc([N+](=O)[O-])c1. The summed E-state index contributed by atoms with van der Waals surface area (Å²) < 4.78 is 25.8. The summed E-state index contributed by atoms with van der Waals surface area (Å²) in [5.41, 5.74) is 6.30. The number of allylic oxidation sites excluding steroid dienone is 4. The molecular weight excluding hydrogens is 801 g/mol. The van der Waals surface area contributed by atoms with Crippen molar-refractivity contribution in [1.29, 1.82) is 0 Å². The highest BCUT2D eigenvalue weighted by molar-refractivity contribution is 6.02. The van der Waals surface area contributed by atoms with E-state index in [4.69, 9.17) is 23.6 Å². The van der Waals surface area contributed by atoms with Crippen molar-refractivity contribution in [3.05, 3.63) is 145 Å². The van der Waals surface area contributed by atoms with Gasteiger partial charge in [-0.15, -0.1) is 0 Å². The van der Waals surface area contributed by atoms with Crippen LogP contribution in [0.5, 0.6) is 0 Å². The van der Waals surface area contributed by atoms with E-state index in [1.54, 1.807) is 65.8 Å². The van der Waals surface area contributed by atoms with Crippen LogP contribution in [0.15, 0.2) is 123 Å². The van der Waals surface area contributed by atoms with Crippen LogP contribution in [0.2, 0.25) is 0 Å². The van der Waals surface area contributed by atoms with Crippen molar-refractivity contribution < 1.29 is 47.7 Å². The fourth-order valence-corrected chi connectivity index (χ4v) is 7.44. The van der Waals surface area contributed by atoms with Gasteiger partial charge >= 0.3 is 23.9 Å². The van der Waals surface area contributed by atoms with Crippen LogP contribution >= 0.6 is 0 Å². The first-order chi connectivity index (χ1) is 29.6. The van der Waals surface area contributed by atoms with E-state index in [9.17, 15) is 29.3 Å². The van der Waals surface area contributed by atoms with E-state index in [-0.39, 0.29) is 29.5 Å². The van der Waals surface area contributed by atoms with Gasteiger partial charge in [0.2, 0.25) is 0 Å². The van der Waals surface area contributed by atoms with Crippen LogP contribution in [-0.2, 0) is 44.7 Å². The quantitative estimate of drug-likeness (QED) is 0.0657. The number of carbonyl (C=O) groups is 4. The summed E-state index contributed by atoms with van der Waals surface area (Å²) in [7, 11) is 4.48. The Kier molecular flexibility index (Phi) is 15.1. The molecular formula is C45H50N6O11. The predicted octanol–water partition coefficient (Wildman–Crippen LogP) is 6.26. The largest absolute Gasteiger partial charge is 0.466 e. The minimum Gasteiger partial charge on any atom is -0.466 e. The fraction of sp³-hybridized carbons (Fsp3) is 0.333. The number of nitrogens with one attached hydrogen (secondary N) is 2. The molecule has 3 aromatic carbocycles. The van der Waals surface area contributed by atoms with Crippen LogP contribution in [0.4, 0.5) is 5.69 Å². The number of hydrogen-bond donors (Lipinski definition) is 2. The summed E-state index contributed by atoms with van der Waals surface area (Å²) in [4.78, 5) is 64.3. The van der Waals surface area contributed by atoms with Crippen molar-refractivity contribution in [3.8, 4) is 0 Å². The molecule has 4 aromatic rings. The number of likely N-dealkylation sites (N-methyl/N-ethyl adjacent to an activating group) is 1. The number of ether oxygens (including phenoxy) is 4. The summed E-state index contributed by atoms with van der Waals surface area (Å²) in [6, 6.07) is 21.1. The molecule has 62 heavy (non-hydrogen) atoms. The van der Waals surface area contributed by atoms with Crippen LogP contribution < -0.4 is 10.6 Å². The van der Waals surface area contributed by atoms with Gasteiger partial charge in [-0.1, -0.05) is 54.6 Å². The zero-order valence-electron chi connectivity index (χ0n) is 36.1. The Morgan fingerprint density at radius 3 is 1.90 bits per heavy atom. The first-order valence-electron chi connectivity index (χ1n) is 19.7. The highest BCUT2D eigenvalue weighted by Gasteiger charge is 2.40. The molecule has 0 fully saturated rings. The van der Waals surface area contributed by atoms with Gasteiger partial charge < -0.3 is 29.6 Å². The summed E-state index contributed by atoms with van der Waals surface area (Å²) in [6.07, 6.45) is -0.309. The third-order valence-corrected chi connectivity index (χ3v) is 10.2. The maximum Gasteiger partial charge on any atom is 0.337 e. The van der Waals surface area contributed by atoms with Crippen molar-refractivity contribution in [2.45, 2.75) is 66.0 Å². The molecule has 17 heteroatoms. The molecule has 17 nitrogen and oxygen atoms in total. The number of carbonyl (C=O) groups excluding carboxylic acids is 4. The molecule has 1 aromatic heterocycles. The number of nitrogens with zero attached hydrogens (tertiary/aromatic N) is 4. The highest BCUT2D eigenvalue weighted by atomic mass is 16.6. The first-order valence-corrected chi connectivity index (χ1v) is 19.7. The monoisotopic (exact) mass is 850 g/mol. The third kappa shape index (κ3) is 10.4. The van der Waals surface area contributed by atoms with Gasteiger partial charge in [-0.2, -0.15) is 0 Å². The smallest absolute Gasteiger partial charge is 0.337 e. The number of fused-ring (bicyclic) bond motifs is 1. The molecule has 3 heterocycles. The molecule has 0 saturated heterocycles. The molecule has 2 atom stereocenters. The summed E-state index contributed by atoms with van der Waals surface area (Å²) in [5, 5.41) is 25.3. The molecule has 6 rings (SSSR count). The lowest BCUT2D eigenvalue weighted by Crippen LogP contribution is -2.33. The Morgan fingerprint density at radius 1 is 0.758 bits per heavy atom. The van der Waals surface area contributed by atoms with Gasteiger partial charge in [0.1, 0.15) is 17.6 Å². The van der Waals surface area contributed by atoms with Gasteiger partial charge in [-0.3, -0.25) is 15.0 Å². The minimum atomic E-state index is -0.877. The Balaban J connectivity index is 0.000000242. The molecule has 0 saturated carbocycles. The maximum absolute atomic E-state index is 13.3. The maximum atomic E-state index is 13.3. The lowest BCUT2D eigenvalue weighted by atomic mass is 9.80. The van der Waals surface area contributed by atoms with E-state index in [1.807, 2.05) is 42.3 Å². The van der Waals surface area contributed by atoms with Crippen molar-refractivity contribution >= 4 is 40.6 Å². The van der Waals surface area contributed by atoms with Gasteiger partial charge in [0.25, 0.3) is 5.69 Å².